The number of halogens is 1. The summed E-state index contributed by atoms with van der Waals surface area (Å²) in [4.78, 5) is 37.6. The molecule has 0 spiro atoms. The molecule has 0 saturated heterocycles. The molecule has 0 fully saturated rings. The minimum Gasteiger partial charge on any atom is -0.351 e. The number of aliphatic imine (C=N–C) groups is 2. The summed E-state index contributed by atoms with van der Waals surface area (Å²) in [5.41, 5.74) is 2.67. The maximum absolute atomic E-state index is 12.9. The fraction of sp³-hybridized carbons (Fsp3) is 0.200. The molecule has 3 aromatic rings. The summed E-state index contributed by atoms with van der Waals surface area (Å²) in [5.74, 6) is 0.923. The Balaban J connectivity index is 1.33. The summed E-state index contributed by atoms with van der Waals surface area (Å²) in [6.07, 6.45) is 0.593. The highest BCUT2D eigenvalue weighted by atomic mass is 35.5. The molecule has 2 aliphatic heterocycles. The molecule has 2 aromatic carbocycles. The molecule has 0 bridgehead atoms. The van der Waals surface area contributed by atoms with Gasteiger partial charge < -0.3 is 5.32 Å². The van der Waals surface area contributed by atoms with Crippen LogP contribution in [0.4, 0.5) is 5.69 Å². The molecule has 6 nitrogen and oxygen atoms in total. The zero-order valence-electron chi connectivity index (χ0n) is 18.1. The minimum absolute atomic E-state index is 0.0860. The van der Waals surface area contributed by atoms with Crippen molar-refractivity contribution < 1.29 is 9.59 Å². The number of nitrogens with one attached hydrogen (secondary N) is 1. The fourth-order valence-corrected chi connectivity index (χ4v) is 5.75. The highest BCUT2D eigenvalue weighted by molar-refractivity contribution is 8.13. The number of nitrogens with zero attached hydrogens (tertiary/aromatic N) is 3. The van der Waals surface area contributed by atoms with Gasteiger partial charge in [-0.05, 0) is 47.7 Å². The van der Waals surface area contributed by atoms with Crippen LogP contribution in [0.2, 0.25) is 5.02 Å². The van der Waals surface area contributed by atoms with Gasteiger partial charge in [0.2, 0.25) is 5.91 Å². The monoisotopic (exact) mass is 508 g/mol. The molecule has 172 valence electrons. The third kappa shape index (κ3) is 4.94. The van der Waals surface area contributed by atoms with E-state index in [1.165, 1.54) is 11.8 Å². The molecule has 1 aromatic heterocycles. The molecule has 1 unspecified atom stereocenters. The van der Waals surface area contributed by atoms with Gasteiger partial charge in [0.25, 0.3) is 5.91 Å². The van der Waals surface area contributed by atoms with Gasteiger partial charge in [-0.25, -0.2) is 4.99 Å². The molecular formula is C25H21ClN4O2S2. The quantitative estimate of drug-likeness (QED) is 0.464. The molecule has 1 atom stereocenters. The number of benzene rings is 2. The lowest BCUT2D eigenvalue weighted by atomic mass is 10.1. The first-order valence-electron chi connectivity index (χ1n) is 10.8. The Morgan fingerprint density at radius 2 is 2.00 bits per heavy atom. The predicted octanol–water partition coefficient (Wildman–Crippen LogP) is 5.39. The average Bonchev–Trinajstić information content (AvgIpc) is 3.47. The van der Waals surface area contributed by atoms with Gasteiger partial charge in [0.15, 0.2) is 5.17 Å². The van der Waals surface area contributed by atoms with E-state index < -0.39 is 6.04 Å². The molecular weight excluding hydrogens is 488 g/mol. The van der Waals surface area contributed by atoms with Crippen LogP contribution >= 0.6 is 34.7 Å². The molecule has 0 saturated carbocycles. The number of rotatable bonds is 7. The van der Waals surface area contributed by atoms with Crippen LogP contribution in [-0.4, -0.2) is 33.8 Å². The number of amides is 2. The highest BCUT2D eigenvalue weighted by Crippen LogP contribution is 2.36. The Morgan fingerprint density at radius 3 is 2.82 bits per heavy atom. The van der Waals surface area contributed by atoms with Crippen LogP contribution in [0.1, 0.15) is 28.8 Å². The van der Waals surface area contributed by atoms with Crippen molar-refractivity contribution >= 4 is 63.2 Å². The van der Waals surface area contributed by atoms with Crippen molar-refractivity contribution in [3.05, 3.63) is 87.1 Å². The smallest absolute Gasteiger partial charge is 0.270 e. The maximum atomic E-state index is 12.9. The second-order valence-electron chi connectivity index (χ2n) is 7.88. The number of hydrogen-bond acceptors (Lipinski definition) is 6. The molecule has 0 radical (unpaired) electrons. The lowest BCUT2D eigenvalue weighted by molar-refractivity contribution is -0.122. The third-order valence-electron chi connectivity index (χ3n) is 5.55. The van der Waals surface area contributed by atoms with Crippen molar-refractivity contribution in [3.8, 4) is 0 Å². The lowest BCUT2D eigenvalue weighted by Gasteiger charge is -2.31. The third-order valence-corrected chi connectivity index (χ3v) is 7.69. The standard InChI is InChI=1S/C25H21ClN4O2S2/c26-17-6-3-5-16(13-17)15-34-25-28-20-9-2-1-8-19(20)23-29-24(32)21(30(23)25)10-11-22(31)27-14-18-7-4-12-33-18/h1-9,12-13,21H,10-11,14-15H2,(H,27,31). The highest BCUT2D eigenvalue weighted by Gasteiger charge is 2.41. The zero-order chi connectivity index (χ0) is 23.5. The van der Waals surface area contributed by atoms with Gasteiger partial charge >= 0.3 is 0 Å². The minimum atomic E-state index is -0.554. The van der Waals surface area contributed by atoms with E-state index in [-0.39, 0.29) is 18.2 Å². The largest absolute Gasteiger partial charge is 0.351 e. The van der Waals surface area contributed by atoms with Crippen LogP contribution in [0.25, 0.3) is 0 Å². The molecule has 0 aliphatic carbocycles. The molecule has 5 rings (SSSR count). The molecule has 1 N–H and O–H groups in total. The summed E-state index contributed by atoms with van der Waals surface area (Å²) in [5, 5.41) is 6.29. The summed E-state index contributed by atoms with van der Waals surface area (Å²) in [6.45, 7) is 0.496. The van der Waals surface area contributed by atoms with E-state index >= 15 is 0 Å². The van der Waals surface area contributed by atoms with Crippen LogP contribution in [-0.2, 0) is 21.9 Å². The number of carbonyl (C=O) groups is 2. The van der Waals surface area contributed by atoms with Gasteiger partial charge in [-0.3, -0.25) is 14.5 Å². The first-order chi connectivity index (χ1) is 16.6. The van der Waals surface area contributed by atoms with E-state index in [4.69, 9.17) is 16.6 Å². The van der Waals surface area contributed by atoms with Crippen molar-refractivity contribution in [1.82, 2.24) is 10.2 Å². The van der Waals surface area contributed by atoms with E-state index in [0.29, 0.717) is 34.7 Å². The van der Waals surface area contributed by atoms with Gasteiger partial charge in [0.05, 0.1) is 12.2 Å². The first-order valence-corrected chi connectivity index (χ1v) is 13.1. The molecule has 34 heavy (non-hydrogen) atoms. The molecule has 9 heteroatoms. The van der Waals surface area contributed by atoms with Crippen LogP contribution in [0.5, 0.6) is 0 Å². The summed E-state index contributed by atoms with van der Waals surface area (Å²) < 4.78 is 0. The Morgan fingerprint density at radius 1 is 1.12 bits per heavy atom. The Hall–Kier alpha value is -2.94. The second kappa shape index (κ2) is 10.1. The van der Waals surface area contributed by atoms with Gasteiger partial charge in [0, 0.05) is 27.6 Å². The first kappa shape index (κ1) is 22.8. The van der Waals surface area contributed by atoms with Crippen LogP contribution in [0.3, 0.4) is 0 Å². The number of carbonyl (C=O) groups excluding carboxylic acids is 2. The van der Waals surface area contributed by atoms with Gasteiger partial charge in [0.1, 0.15) is 11.9 Å². The van der Waals surface area contributed by atoms with Gasteiger partial charge in [-0.2, -0.15) is 4.99 Å². The number of para-hydroxylation sites is 1. The zero-order valence-corrected chi connectivity index (χ0v) is 20.5. The number of thiophene rings is 1. The van der Waals surface area contributed by atoms with Crippen molar-refractivity contribution in [2.45, 2.75) is 31.2 Å². The molecule has 3 heterocycles. The number of fused-ring (bicyclic) bond motifs is 3. The van der Waals surface area contributed by atoms with E-state index in [1.54, 1.807) is 11.3 Å². The van der Waals surface area contributed by atoms with E-state index in [1.807, 2.05) is 70.9 Å². The fourth-order valence-electron chi connectivity index (χ4n) is 3.91. The van der Waals surface area contributed by atoms with Gasteiger partial charge in [-0.15, -0.1) is 11.3 Å². The summed E-state index contributed by atoms with van der Waals surface area (Å²) >= 11 is 9.28. The van der Waals surface area contributed by atoms with Gasteiger partial charge in [-0.1, -0.05) is 53.7 Å². The Labute approximate surface area is 210 Å². The predicted molar refractivity (Wildman–Crippen MR) is 139 cm³/mol. The van der Waals surface area contributed by atoms with Crippen LogP contribution < -0.4 is 5.32 Å². The van der Waals surface area contributed by atoms with Crippen LogP contribution in [0, 0.1) is 0 Å². The van der Waals surface area contributed by atoms with Crippen molar-refractivity contribution in [3.63, 3.8) is 0 Å². The Kier molecular flexibility index (Phi) is 6.80. The number of hydrogen-bond donors (Lipinski definition) is 1. The lowest BCUT2D eigenvalue weighted by Crippen LogP contribution is -2.44. The summed E-state index contributed by atoms with van der Waals surface area (Å²) in [6, 6.07) is 18.8. The maximum Gasteiger partial charge on any atom is 0.270 e. The second-order valence-corrected chi connectivity index (χ2v) is 10.3. The van der Waals surface area contributed by atoms with E-state index in [9.17, 15) is 9.59 Å². The SMILES string of the molecule is O=C(CCC1C(=O)N=C2c3ccccc3N=C(SCc3cccc(Cl)c3)N21)NCc1cccs1. The molecule has 2 amide bonds. The van der Waals surface area contributed by atoms with E-state index in [0.717, 1.165) is 21.7 Å². The van der Waals surface area contributed by atoms with Crippen molar-refractivity contribution in [2.75, 3.05) is 0 Å². The average molecular weight is 509 g/mol. The van der Waals surface area contributed by atoms with Crippen LogP contribution in [0.15, 0.2) is 76.0 Å². The van der Waals surface area contributed by atoms with Crippen molar-refractivity contribution in [2.24, 2.45) is 9.98 Å². The Bertz CT molecular complexity index is 1290. The number of amidine groups is 2. The normalized spacial score (nSPS) is 16.6. The van der Waals surface area contributed by atoms with E-state index in [2.05, 4.69) is 10.3 Å². The van der Waals surface area contributed by atoms with Crippen molar-refractivity contribution in [1.29, 1.82) is 0 Å². The number of thioether (sulfide) groups is 1. The summed E-state index contributed by atoms with van der Waals surface area (Å²) in [7, 11) is 0. The molecule has 2 aliphatic rings. The topological polar surface area (TPSA) is 74.1 Å².